The van der Waals surface area contributed by atoms with Crippen LogP contribution >= 0.6 is 0 Å². The summed E-state index contributed by atoms with van der Waals surface area (Å²) in [5.74, 6) is 1.03. The first-order valence-electron chi connectivity index (χ1n) is 9.20. The van der Waals surface area contributed by atoms with Crippen LogP contribution in [0, 0.1) is 6.92 Å². The van der Waals surface area contributed by atoms with Gasteiger partial charge in [-0.1, -0.05) is 17.7 Å². The van der Waals surface area contributed by atoms with Crippen molar-refractivity contribution in [2.24, 2.45) is 0 Å². The Hall–Kier alpha value is -3.81. The second-order valence-electron chi connectivity index (χ2n) is 6.54. The fraction of sp³-hybridized carbons (Fsp3) is 0.227. The number of hydrogen-bond acceptors (Lipinski definition) is 6. The van der Waals surface area contributed by atoms with Crippen LogP contribution in [0.3, 0.4) is 0 Å². The number of ether oxygens (including phenoxy) is 3. The Morgan fingerprint density at radius 2 is 1.60 bits per heavy atom. The minimum absolute atomic E-state index is 0.217. The molecule has 1 amide bonds. The molecule has 1 aromatic heterocycles. The second-order valence-corrected chi connectivity index (χ2v) is 6.54. The summed E-state index contributed by atoms with van der Waals surface area (Å²) in [5.41, 5.74) is 2.49. The van der Waals surface area contributed by atoms with E-state index in [1.807, 2.05) is 19.1 Å². The molecule has 0 atom stereocenters. The molecular weight excluding hydrogens is 386 g/mol. The third-order valence-electron chi connectivity index (χ3n) is 4.46. The van der Waals surface area contributed by atoms with E-state index in [1.54, 1.807) is 30.3 Å². The normalized spacial score (nSPS) is 10.4. The largest absolute Gasteiger partial charge is 0.493 e. The van der Waals surface area contributed by atoms with E-state index in [9.17, 15) is 9.59 Å². The number of nitrogens with zero attached hydrogens (tertiary/aromatic N) is 2. The first-order chi connectivity index (χ1) is 14.4. The zero-order valence-electron chi connectivity index (χ0n) is 17.3. The number of anilines is 1. The molecule has 0 fully saturated rings. The van der Waals surface area contributed by atoms with E-state index in [-0.39, 0.29) is 18.0 Å². The van der Waals surface area contributed by atoms with E-state index >= 15 is 0 Å². The lowest BCUT2D eigenvalue weighted by Gasteiger charge is -2.14. The Balaban J connectivity index is 1.89. The van der Waals surface area contributed by atoms with Crippen molar-refractivity contribution in [2.75, 3.05) is 26.6 Å². The van der Waals surface area contributed by atoms with Crippen LogP contribution in [-0.4, -0.2) is 37.0 Å². The van der Waals surface area contributed by atoms with Gasteiger partial charge in [-0.25, -0.2) is 4.68 Å². The first kappa shape index (κ1) is 20.9. The predicted octanol–water partition coefficient (Wildman–Crippen LogP) is 2.88. The number of carbonyl (C=O) groups excluding carboxylic acids is 1. The van der Waals surface area contributed by atoms with Crippen molar-refractivity contribution in [2.45, 2.75) is 13.5 Å². The number of rotatable bonds is 7. The molecule has 0 radical (unpaired) electrons. The molecule has 0 aliphatic heterocycles. The highest BCUT2D eigenvalue weighted by Gasteiger charge is 2.16. The Bertz CT molecular complexity index is 1080. The Morgan fingerprint density at radius 3 is 2.17 bits per heavy atom. The summed E-state index contributed by atoms with van der Waals surface area (Å²) in [6, 6.07) is 13.8. The molecule has 8 heteroatoms. The number of methoxy groups -OCH3 is 3. The quantitative estimate of drug-likeness (QED) is 0.645. The maximum atomic E-state index is 12.4. The van der Waals surface area contributed by atoms with E-state index in [4.69, 9.17) is 14.2 Å². The third-order valence-corrected chi connectivity index (χ3v) is 4.46. The summed E-state index contributed by atoms with van der Waals surface area (Å²) in [4.78, 5) is 24.6. The van der Waals surface area contributed by atoms with Crippen LogP contribution in [0.2, 0.25) is 0 Å². The van der Waals surface area contributed by atoms with Crippen molar-refractivity contribution in [1.29, 1.82) is 0 Å². The summed E-state index contributed by atoms with van der Waals surface area (Å²) in [6.07, 6.45) is 0. The smallest absolute Gasteiger partial charge is 0.267 e. The van der Waals surface area contributed by atoms with Crippen molar-refractivity contribution in [1.82, 2.24) is 9.78 Å². The van der Waals surface area contributed by atoms with Crippen molar-refractivity contribution in [3.8, 4) is 28.5 Å². The van der Waals surface area contributed by atoms with E-state index in [0.717, 1.165) is 10.2 Å². The summed E-state index contributed by atoms with van der Waals surface area (Å²) in [6.45, 7) is 1.74. The number of aromatic nitrogens is 2. The topological polar surface area (TPSA) is 91.7 Å². The van der Waals surface area contributed by atoms with Crippen molar-refractivity contribution >= 4 is 11.6 Å². The molecule has 0 aliphatic carbocycles. The Kier molecular flexibility index (Phi) is 6.36. The van der Waals surface area contributed by atoms with Gasteiger partial charge in [0.1, 0.15) is 6.54 Å². The standard InChI is InChI=1S/C22H23N3O5/c1-14-5-7-16(8-6-14)23-20(26)13-25-21(27)10-9-17(24-25)15-11-18(28-2)22(30-4)19(12-15)29-3/h5-12H,13H2,1-4H3,(H,23,26). The van der Waals surface area contributed by atoms with Crippen LogP contribution in [0.25, 0.3) is 11.3 Å². The molecular formula is C22H23N3O5. The molecule has 0 aliphatic rings. The molecule has 1 N–H and O–H groups in total. The van der Waals surface area contributed by atoms with Gasteiger partial charge in [-0.2, -0.15) is 5.10 Å². The summed E-state index contributed by atoms with van der Waals surface area (Å²) >= 11 is 0. The molecule has 3 aromatic rings. The minimum Gasteiger partial charge on any atom is -0.493 e. The van der Waals surface area contributed by atoms with Crippen LogP contribution < -0.4 is 25.1 Å². The van der Waals surface area contributed by atoms with Gasteiger partial charge in [0.2, 0.25) is 11.7 Å². The number of nitrogens with one attached hydrogen (secondary N) is 1. The Morgan fingerprint density at radius 1 is 0.967 bits per heavy atom. The zero-order chi connectivity index (χ0) is 21.7. The van der Waals surface area contributed by atoms with Crippen LogP contribution in [0.5, 0.6) is 17.2 Å². The maximum absolute atomic E-state index is 12.4. The molecule has 30 heavy (non-hydrogen) atoms. The number of amides is 1. The molecule has 3 rings (SSSR count). The zero-order valence-corrected chi connectivity index (χ0v) is 17.3. The molecule has 0 saturated heterocycles. The van der Waals surface area contributed by atoms with Gasteiger partial charge in [0.15, 0.2) is 11.5 Å². The fourth-order valence-electron chi connectivity index (χ4n) is 2.92. The molecule has 8 nitrogen and oxygen atoms in total. The lowest BCUT2D eigenvalue weighted by Crippen LogP contribution is -2.29. The van der Waals surface area contributed by atoms with Gasteiger partial charge in [0.05, 0.1) is 27.0 Å². The van der Waals surface area contributed by atoms with E-state index in [2.05, 4.69) is 10.4 Å². The van der Waals surface area contributed by atoms with Gasteiger partial charge in [-0.3, -0.25) is 9.59 Å². The molecule has 0 saturated carbocycles. The number of aryl methyl sites for hydroxylation is 1. The predicted molar refractivity (Wildman–Crippen MR) is 113 cm³/mol. The first-order valence-corrected chi connectivity index (χ1v) is 9.20. The van der Waals surface area contributed by atoms with E-state index in [1.165, 1.54) is 27.4 Å². The van der Waals surface area contributed by atoms with Crippen LogP contribution in [-0.2, 0) is 11.3 Å². The average molecular weight is 409 g/mol. The number of carbonyl (C=O) groups is 1. The molecule has 156 valence electrons. The highest BCUT2D eigenvalue weighted by molar-refractivity contribution is 5.90. The molecule has 0 unspecified atom stereocenters. The van der Waals surface area contributed by atoms with Crippen molar-refractivity contribution < 1.29 is 19.0 Å². The average Bonchev–Trinajstić information content (AvgIpc) is 2.75. The van der Waals surface area contributed by atoms with Gasteiger partial charge in [-0.05, 0) is 37.3 Å². The van der Waals surface area contributed by atoms with E-state index in [0.29, 0.717) is 34.2 Å². The Labute approximate surface area is 174 Å². The number of hydrogen-bond donors (Lipinski definition) is 1. The van der Waals surface area contributed by atoms with Crippen LogP contribution in [0.15, 0.2) is 53.3 Å². The molecule has 0 bridgehead atoms. The third kappa shape index (κ3) is 4.60. The minimum atomic E-state index is -0.384. The van der Waals surface area contributed by atoms with Crippen molar-refractivity contribution in [3.63, 3.8) is 0 Å². The van der Waals surface area contributed by atoms with Crippen molar-refractivity contribution in [3.05, 3.63) is 64.4 Å². The lowest BCUT2D eigenvalue weighted by atomic mass is 10.1. The van der Waals surface area contributed by atoms with Gasteiger partial charge in [0, 0.05) is 17.3 Å². The SMILES string of the molecule is COc1cc(-c2ccc(=O)n(CC(=O)Nc3ccc(C)cc3)n2)cc(OC)c1OC. The van der Waals surface area contributed by atoms with Crippen LogP contribution in [0.1, 0.15) is 5.56 Å². The molecule has 0 spiro atoms. The summed E-state index contributed by atoms with van der Waals surface area (Å²) in [7, 11) is 4.56. The van der Waals surface area contributed by atoms with Gasteiger partial charge in [-0.15, -0.1) is 0 Å². The van der Waals surface area contributed by atoms with Crippen LogP contribution in [0.4, 0.5) is 5.69 Å². The monoisotopic (exact) mass is 409 g/mol. The van der Waals surface area contributed by atoms with E-state index < -0.39 is 0 Å². The highest BCUT2D eigenvalue weighted by Crippen LogP contribution is 2.40. The highest BCUT2D eigenvalue weighted by atomic mass is 16.5. The molecule has 2 aromatic carbocycles. The lowest BCUT2D eigenvalue weighted by molar-refractivity contribution is -0.117. The molecule has 1 heterocycles. The maximum Gasteiger partial charge on any atom is 0.267 e. The van der Waals surface area contributed by atoms with Gasteiger partial charge in [0.25, 0.3) is 5.56 Å². The fourth-order valence-corrected chi connectivity index (χ4v) is 2.92. The summed E-state index contributed by atoms with van der Waals surface area (Å²) < 4.78 is 17.2. The summed E-state index contributed by atoms with van der Waals surface area (Å²) in [5, 5.41) is 7.10. The van der Waals surface area contributed by atoms with Gasteiger partial charge >= 0.3 is 0 Å². The number of benzene rings is 2. The van der Waals surface area contributed by atoms with Gasteiger partial charge < -0.3 is 19.5 Å². The second kappa shape index (κ2) is 9.13.